The van der Waals surface area contributed by atoms with E-state index in [0.29, 0.717) is 22.9 Å². The number of nitrogens with zero attached hydrogens (tertiary/aromatic N) is 1. The number of ether oxygens (including phenoxy) is 2. The van der Waals surface area contributed by atoms with E-state index in [-0.39, 0.29) is 10.6 Å². The summed E-state index contributed by atoms with van der Waals surface area (Å²) in [6, 6.07) is 16.1. The van der Waals surface area contributed by atoms with Crippen molar-refractivity contribution < 1.29 is 23.0 Å². The minimum absolute atomic E-state index is 0.0169. The van der Waals surface area contributed by atoms with Crippen molar-refractivity contribution in [1.29, 1.82) is 0 Å². The minimum Gasteiger partial charge on any atom is -0.508 e. The third-order valence-electron chi connectivity index (χ3n) is 4.48. The Morgan fingerprint density at radius 2 is 1.21 bits per heavy atom. The molecule has 29 heavy (non-hydrogen) atoms. The molecule has 0 heterocycles. The van der Waals surface area contributed by atoms with Gasteiger partial charge in [0.1, 0.15) is 17.2 Å². The van der Waals surface area contributed by atoms with Crippen LogP contribution >= 0.6 is 0 Å². The zero-order valence-corrected chi connectivity index (χ0v) is 17.5. The second-order valence-corrected chi connectivity index (χ2v) is 8.40. The number of sulfonamides is 1. The number of aromatic hydroxyl groups is 1. The first-order valence-corrected chi connectivity index (χ1v) is 10.4. The van der Waals surface area contributed by atoms with Crippen molar-refractivity contribution in [3.63, 3.8) is 0 Å². The smallest absolute Gasteiger partial charge is 0.268 e. The van der Waals surface area contributed by atoms with Gasteiger partial charge in [-0.1, -0.05) is 12.1 Å². The number of rotatable bonds is 6. The molecule has 0 saturated carbocycles. The number of benzene rings is 3. The number of methoxy groups -OCH3 is 2. The average Bonchev–Trinajstić information content (AvgIpc) is 2.69. The van der Waals surface area contributed by atoms with Crippen LogP contribution in [-0.2, 0) is 10.0 Å². The molecular formula is C22H23NO5S. The van der Waals surface area contributed by atoms with Crippen molar-refractivity contribution in [2.45, 2.75) is 18.7 Å². The molecular weight excluding hydrogens is 390 g/mol. The van der Waals surface area contributed by atoms with Crippen molar-refractivity contribution in [2.24, 2.45) is 0 Å². The topological polar surface area (TPSA) is 76.1 Å². The molecule has 0 spiro atoms. The standard InChI is InChI=1S/C22H23NO5S/c1-15-5-11-21(27-3)19(13-15)23(20-14-16(2)6-12-22(20)28-4)29(25,26)18-9-7-17(24)8-10-18/h5-14,24H,1-4H3. The lowest BCUT2D eigenvalue weighted by Crippen LogP contribution is -2.27. The first-order valence-electron chi connectivity index (χ1n) is 8.91. The highest BCUT2D eigenvalue weighted by Crippen LogP contribution is 2.43. The third-order valence-corrected chi connectivity index (χ3v) is 6.22. The summed E-state index contributed by atoms with van der Waals surface area (Å²) in [5.74, 6) is 0.791. The summed E-state index contributed by atoms with van der Waals surface area (Å²) in [5.41, 5.74) is 2.48. The van der Waals surface area contributed by atoms with Crippen LogP contribution in [-0.4, -0.2) is 27.7 Å². The fraction of sp³-hybridized carbons (Fsp3) is 0.182. The number of phenolic OH excluding ortho intramolecular Hbond substituents is 1. The fourth-order valence-corrected chi connectivity index (χ4v) is 4.52. The van der Waals surface area contributed by atoms with E-state index in [1.165, 1.54) is 42.8 Å². The van der Waals surface area contributed by atoms with Crippen LogP contribution in [0.25, 0.3) is 0 Å². The van der Waals surface area contributed by atoms with Gasteiger partial charge in [0.05, 0.1) is 30.5 Å². The first kappa shape index (κ1) is 20.5. The predicted octanol–water partition coefficient (Wildman–Crippen LogP) is 4.55. The van der Waals surface area contributed by atoms with Crippen molar-refractivity contribution in [1.82, 2.24) is 0 Å². The van der Waals surface area contributed by atoms with Gasteiger partial charge in [-0.25, -0.2) is 12.7 Å². The normalized spacial score (nSPS) is 11.2. The van der Waals surface area contributed by atoms with Gasteiger partial charge in [0.25, 0.3) is 10.0 Å². The number of anilines is 2. The minimum atomic E-state index is -4.06. The Morgan fingerprint density at radius 3 is 1.62 bits per heavy atom. The van der Waals surface area contributed by atoms with Gasteiger partial charge in [-0.3, -0.25) is 0 Å². The molecule has 0 aliphatic heterocycles. The monoisotopic (exact) mass is 413 g/mol. The Hall–Kier alpha value is -3.19. The lowest BCUT2D eigenvalue weighted by molar-refractivity contribution is 0.412. The highest BCUT2D eigenvalue weighted by Gasteiger charge is 2.31. The van der Waals surface area contributed by atoms with E-state index in [4.69, 9.17) is 9.47 Å². The third kappa shape index (κ3) is 4.00. The summed E-state index contributed by atoms with van der Waals surface area (Å²) in [7, 11) is -1.07. The number of phenols is 1. The highest BCUT2D eigenvalue weighted by molar-refractivity contribution is 7.93. The quantitative estimate of drug-likeness (QED) is 0.641. The molecule has 0 saturated heterocycles. The molecule has 0 aliphatic rings. The van der Waals surface area contributed by atoms with Crippen molar-refractivity contribution in [3.05, 3.63) is 71.8 Å². The summed E-state index contributed by atoms with van der Waals surface area (Å²) < 4.78 is 39.6. The molecule has 0 radical (unpaired) electrons. The van der Waals surface area contributed by atoms with Crippen LogP contribution in [0.3, 0.4) is 0 Å². The molecule has 152 valence electrons. The largest absolute Gasteiger partial charge is 0.508 e. The van der Waals surface area contributed by atoms with Gasteiger partial charge >= 0.3 is 0 Å². The van der Waals surface area contributed by atoms with Gasteiger partial charge in [-0.2, -0.15) is 0 Å². The summed E-state index contributed by atoms with van der Waals surface area (Å²) >= 11 is 0. The Balaban J connectivity index is 2.36. The molecule has 0 fully saturated rings. The number of hydrogen-bond acceptors (Lipinski definition) is 5. The van der Waals surface area contributed by atoms with E-state index in [0.717, 1.165) is 11.1 Å². The van der Waals surface area contributed by atoms with Gasteiger partial charge in [0, 0.05) is 0 Å². The molecule has 1 N–H and O–H groups in total. The summed E-state index contributed by atoms with van der Waals surface area (Å²) in [4.78, 5) is 0.0300. The van der Waals surface area contributed by atoms with E-state index in [1.807, 2.05) is 26.0 Å². The maximum atomic E-state index is 13.7. The van der Waals surface area contributed by atoms with Gasteiger partial charge in [-0.15, -0.1) is 0 Å². The van der Waals surface area contributed by atoms with Crippen LogP contribution in [0.2, 0.25) is 0 Å². The molecule has 3 rings (SSSR count). The second-order valence-electron chi connectivity index (χ2n) is 6.61. The summed E-state index contributed by atoms with van der Waals surface area (Å²) in [6.07, 6.45) is 0. The molecule has 0 atom stereocenters. The molecule has 0 aliphatic carbocycles. The van der Waals surface area contributed by atoms with Crippen LogP contribution in [0.15, 0.2) is 65.6 Å². The van der Waals surface area contributed by atoms with Crippen LogP contribution < -0.4 is 13.8 Å². The number of aryl methyl sites for hydroxylation is 2. The Labute approximate surface area is 171 Å². The zero-order chi connectivity index (χ0) is 21.2. The predicted molar refractivity (Wildman–Crippen MR) is 113 cm³/mol. The zero-order valence-electron chi connectivity index (χ0n) is 16.7. The van der Waals surface area contributed by atoms with Crippen LogP contribution in [0.1, 0.15) is 11.1 Å². The molecule has 0 aromatic heterocycles. The second kappa shape index (κ2) is 8.05. The van der Waals surface area contributed by atoms with E-state index >= 15 is 0 Å². The molecule has 3 aromatic rings. The van der Waals surface area contributed by atoms with Gasteiger partial charge in [0.2, 0.25) is 0 Å². The van der Waals surface area contributed by atoms with Crippen molar-refractivity contribution in [2.75, 3.05) is 18.5 Å². The van der Waals surface area contributed by atoms with Crippen LogP contribution in [0.5, 0.6) is 17.2 Å². The van der Waals surface area contributed by atoms with Gasteiger partial charge in [-0.05, 0) is 73.5 Å². The van der Waals surface area contributed by atoms with Crippen LogP contribution in [0.4, 0.5) is 11.4 Å². The van der Waals surface area contributed by atoms with E-state index in [1.54, 1.807) is 24.3 Å². The molecule has 7 heteroatoms. The van der Waals surface area contributed by atoms with E-state index in [9.17, 15) is 13.5 Å². The number of hydrogen-bond donors (Lipinski definition) is 1. The maximum Gasteiger partial charge on any atom is 0.268 e. The van der Waals surface area contributed by atoms with E-state index in [2.05, 4.69) is 0 Å². The Bertz CT molecular complexity index is 1070. The first-order chi connectivity index (χ1) is 13.8. The molecule has 0 bridgehead atoms. The molecule has 3 aromatic carbocycles. The molecule has 0 amide bonds. The fourth-order valence-electron chi connectivity index (χ4n) is 3.03. The summed E-state index contributed by atoms with van der Waals surface area (Å²) in [6.45, 7) is 3.75. The Kier molecular flexibility index (Phi) is 5.70. The van der Waals surface area contributed by atoms with Crippen molar-refractivity contribution in [3.8, 4) is 17.2 Å². The molecule has 0 unspecified atom stereocenters. The highest BCUT2D eigenvalue weighted by atomic mass is 32.2. The lowest BCUT2D eigenvalue weighted by Gasteiger charge is -2.28. The summed E-state index contributed by atoms with van der Waals surface area (Å²) in [5, 5.41) is 9.58. The van der Waals surface area contributed by atoms with Crippen LogP contribution in [0, 0.1) is 13.8 Å². The lowest BCUT2D eigenvalue weighted by atomic mass is 10.1. The van der Waals surface area contributed by atoms with Gasteiger partial charge < -0.3 is 14.6 Å². The Morgan fingerprint density at radius 1 is 0.759 bits per heavy atom. The van der Waals surface area contributed by atoms with Gasteiger partial charge in [0.15, 0.2) is 0 Å². The van der Waals surface area contributed by atoms with Crippen molar-refractivity contribution >= 4 is 21.4 Å². The molecule has 6 nitrogen and oxygen atoms in total. The average molecular weight is 413 g/mol. The van der Waals surface area contributed by atoms with E-state index < -0.39 is 10.0 Å². The maximum absolute atomic E-state index is 13.7. The SMILES string of the molecule is COc1ccc(C)cc1N(c1cc(C)ccc1OC)S(=O)(=O)c1ccc(O)cc1.